The zero-order valence-electron chi connectivity index (χ0n) is 15.7. The minimum atomic E-state index is -0.885. The van der Waals surface area contributed by atoms with Crippen molar-refractivity contribution in [2.45, 2.75) is 84.2 Å². The number of esters is 1. The Kier molecular flexibility index (Phi) is 10.6. The van der Waals surface area contributed by atoms with Crippen molar-refractivity contribution < 1.29 is 50.4 Å². The molecule has 124 valence electrons. The van der Waals surface area contributed by atoms with Crippen LogP contribution >= 0.6 is 0 Å². The molecule has 1 atom stereocenters. The first-order valence-electron chi connectivity index (χ1n) is 8.22. The number of aliphatic carboxylic acids is 1. The second-order valence-corrected chi connectivity index (χ2v) is 7.26. The summed E-state index contributed by atoms with van der Waals surface area (Å²) in [5.74, 6) is -1.14. The third-order valence-corrected chi connectivity index (χ3v) is 4.07. The number of hydrogen-bond donors (Lipinski definition) is 1. The third kappa shape index (κ3) is 9.86. The molecule has 1 N–H and O–H groups in total. The van der Waals surface area contributed by atoms with Crippen LogP contribution < -0.4 is 29.6 Å². The van der Waals surface area contributed by atoms with Gasteiger partial charge in [-0.2, -0.15) is 0 Å². The standard InChI is InChI=1S/C17H30O4.Na.H/c1-17(2,3)21-15(18)12-14(16(19)20)11-7-10-13-8-5-4-6-9-13;;/h13-14H,4-12H2,1-3H3,(H,19,20);;/q;+1;-1/t14-;;/m1../s1. The SMILES string of the molecule is CC(C)(C)OC(=O)C[C@@H](CCCC1CCCCC1)C(=O)O.[H-].[Na+]. The molecule has 0 spiro atoms. The van der Waals surface area contributed by atoms with Crippen molar-refractivity contribution in [1.29, 1.82) is 0 Å². The molecule has 0 radical (unpaired) electrons. The second kappa shape index (κ2) is 10.7. The molecule has 1 aliphatic carbocycles. The fourth-order valence-electron chi connectivity index (χ4n) is 3.03. The zero-order valence-corrected chi connectivity index (χ0v) is 16.7. The Labute approximate surface area is 158 Å². The van der Waals surface area contributed by atoms with Crippen molar-refractivity contribution in [2.24, 2.45) is 11.8 Å². The van der Waals surface area contributed by atoms with Crippen LogP contribution in [0.3, 0.4) is 0 Å². The molecule has 1 aliphatic rings. The van der Waals surface area contributed by atoms with Crippen molar-refractivity contribution in [1.82, 2.24) is 0 Å². The van der Waals surface area contributed by atoms with Crippen molar-refractivity contribution in [3.8, 4) is 0 Å². The van der Waals surface area contributed by atoms with Crippen LogP contribution in [0.1, 0.15) is 80.0 Å². The summed E-state index contributed by atoms with van der Waals surface area (Å²) in [6, 6.07) is 0. The number of rotatable bonds is 7. The van der Waals surface area contributed by atoms with Gasteiger partial charge in [0.25, 0.3) is 0 Å². The van der Waals surface area contributed by atoms with E-state index in [0.717, 1.165) is 18.8 Å². The number of carbonyl (C=O) groups excluding carboxylic acids is 1. The molecular formula is C17H31NaO4. The monoisotopic (exact) mass is 322 g/mol. The summed E-state index contributed by atoms with van der Waals surface area (Å²) in [5.41, 5.74) is -0.553. The molecule has 0 heterocycles. The number of carboxylic acid groups (broad SMARTS) is 1. The molecule has 0 amide bonds. The van der Waals surface area contributed by atoms with E-state index in [2.05, 4.69) is 0 Å². The van der Waals surface area contributed by atoms with Gasteiger partial charge in [-0.25, -0.2) is 0 Å². The number of carboxylic acids is 1. The van der Waals surface area contributed by atoms with Crippen LogP contribution in [0.2, 0.25) is 0 Å². The molecule has 1 saturated carbocycles. The molecule has 0 aromatic carbocycles. The maximum Gasteiger partial charge on any atom is 1.00 e. The molecule has 0 aromatic rings. The van der Waals surface area contributed by atoms with E-state index in [1.165, 1.54) is 32.1 Å². The van der Waals surface area contributed by atoms with E-state index in [9.17, 15) is 14.7 Å². The molecule has 1 fully saturated rings. The normalized spacial score (nSPS) is 17.4. The second-order valence-electron chi connectivity index (χ2n) is 7.26. The maximum atomic E-state index is 11.8. The molecule has 5 heteroatoms. The van der Waals surface area contributed by atoms with E-state index < -0.39 is 23.5 Å². The predicted octanol–water partition coefficient (Wildman–Crippen LogP) is 1.29. The van der Waals surface area contributed by atoms with Crippen molar-refractivity contribution >= 4 is 11.9 Å². The quantitative estimate of drug-likeness (QED) is 0.567. The molecule has 0 bridgehead atoms. The van der Waals surface area contributed by atoms with Gasteiger partial charge in [-0.05, 0) is 33.1 Å². The van der Waals surface area contributed by atoms with Gasteiger partial charge < -0.3 is 11.3 Å². The summed E-state index contributed by atoms with van der Waals surface area (Å²) in [7, 11) is 0. The summed E-state index contributed by atoms with van der Waals surface area (Å²) in [4.78, 5) is 23.0. The summed E-state index contributed by atoms with van der Waals surface area (Å²) >= 11 is 0. The van der Waals surface area contributed by atoms with E-state index in [0.29, 0.717) is 6.42 Å². The van der Waals surface area contributed by atoms with E-state index >= 15 is 0 Å². The summed E-state index contributed by atoms with van der Waals surface area (Å²) < 4.78 is 5.21. The van der Waals surface area contributed by atoms with Gasteiger partial charge in [-0.1, -0.05) is 44.9 Å². The molecule has 0 saturated heterocycles. The van der Waals surface area contributed by atoms with Gasteiger partial charge >= 0.3 is 41.5 Å². The minimum absolute atomic E-state index is 0. The van der Waals surface area contributed by atoms with E-state index in [-0.39, 0.29) is 37.4 Å². The van der Waals surface area contributed by atoms with Crippen LogP contribution in [0.5, 0.6) is 0 Å². The number of hydrogen-bond acceptors (Lipinski definition) is 3. The molecular weight excluding hydrogens is 291 g/mol. The number of carbonyl (C=O) groups is 2. The molecule has 1 rings (SSSR count). The van der Waals surface area contributed by atoms with E-state index in [1.54, 1.807) is 20.8 Å². The Balaban J connectivity index is 0. The maximum absolute atomic E-state index is 11.8. The van der Waals surface area contributed by atoms with Crippen LogP contribution in [0.25, 0.3) is 0 Å². The summed E-state index contributed by atoms with van der Waals surface area (Å²) in [6.45, 7) is 5.39. The average Bonchev–Trinajstić information content (AvgIpc) is 2.36. The Morgan fingerprint density at radius 1 is 1.23 bits per heavy atom. The Morgan fingerprint density at radius 3 is 2.32 bits per heavy atom. The van der Waals surface area contributed by atoms with Crippen LogP contribution in [-0.4, -0.2) is 22.6 Å². The fraction of sp³-hybridized carbons (Fsp3) is 0.882. The molecule has 0 unspecified atom stereocenters. The Morgan fingerprint density at radius 2 is 1.82 bits per heavy atom. The van der Waals surface area contributed by atoms with Gasteiger partial charge in [-0.15, -0.1) is 0 Å². The minimum Gasteiger partial charge on any atom is -1.00 e. The first-order valence-corrected chi connectivity index (χ1v) is 8.22. The van der Waals surface area contributed by atoms with Crippen molar-refractivity contribution in [3.63, 3.8) is 0 Å². The summed E-state index contributed by atoms with van der Waals surface area (Å²) in [5, 5.41) is 9.25. The third-order valence-electron chi connectivity index (χ3n) is 4.07. The Bertz CT molecular complexity index is 349. The van der Waals surface area contributed by atoms with E-state index in [4.69, 9.17) is 4.74 Å². The van der Waals surface area contributed by atoms with Crippen molar-refractivity contribution in [3.05, 3.63) is 0 Å². The van der Waals surface area contributed by atoms with Crippen molar-refractivity contribution in [2.75, 3.05) is 0 Å². The van der Waals surface area contributed by atoms with Gasteiger partial charge in [0.15, 0.2) is 0 Å². The average molecular weight is 322 g/mol. The number of ether oxygens (including phenoxy) is 1. The van der Waals surface area contributed by atoms with Gasteiger partial charge in [0.1, 0.15) is 5.60 Å². The van der Waals surface area contributed by atoms with Gasteiger partial charge in [0.2, 0.25) is 0 Å². The first-order chi connectivity index (χ1) is 9.78. The molecule has 0 aliphatic heterocycles. The van der Waals surface area contributed by atoms with Crippen LogP contribution in [0.15, 0.2) is 0 Å². The van der Waals surface area contributed by atoms with E-state index in [1.807, 2.05) is 0 Å². The Hall–Kier alpha value is -0.0600. The zero-order chi connectivity index (χ0) is 15.9. The van der Waals surface area contributed by atoms with Crippen LogP contribution in [0.4, 0.5) is 0 Å². The topological polar surface area (TPSA) is 63.6 Å². The van der Waals surface area contributed by atoms with Crippen LogP contribution in [-0.2, 0) is 14.3 Å². The molecule has 22 heavy (non-hydrogen) atoms. The summed E-state index contributed by atoms with van der Waals surface area (Å²) in [6.07, 6.45) is 9.07. The smallest absolute Gasteiger partial charge is 1.00 e. The predicted molar refractivity (Wildman–Crippen MR) is 83.1 cm³/mol. The fourth-order valence-corrected chi connectivity index (χ4v) is 3.03. The van der Waals surface area contributed by atoms with Crippen LogP contribution in [0, 0.1) is 11.8 Å². The van der Waals surface area contributed by atoms with Gasteiger partial charge in [0, 0.05) is 0 Å². The first kappa shape index (κ1) is 21.9. The molecule has 0 aromatic heterocycles. The van der Waals surface area contributed by atoms with Gasteiger partial charge in [0.05, 0.1) is 12.3 Å². The van der Waals surface area contributed by atoms with Gasteiger partial charge in [-0.3, -0.25) is 9.59 Å². The largest absolute Gasteiger partial charge is 1.00 e. The molecule has 4 nitrogen and oxygen atoms in total.